The van der Waals surface area contributed by atoms with Crippen LogP contribution in [0.25, 0.3) is 21.8 Å². The number of hydrogen-bond acceptors (Lipinski definition) is 6. The van der Waals surface area contributed by atoms with E-state index in [-0.39, 0.29) is 17.6 Å². The zero-order valence-corrected chi connectivity index (χ0v) is 15.9. The smallest absolute Gasteiger partial charge is 0.261 e. The third-order valence-corrected chi connectivity index (χ3v) is 5.60. The molecule has 0 aliphatic heterocycles. The number of nitrogens with one attached hydrogen (secondary N) is 4. The highest BCUT2D eigenvalue weighted by Gasteiger charge is 2.23. The first-order chi connectivity index (χ1) is 14.2. The van der Waals surface area contributed by atoms with Crippen LogP contribution in [0.2, 0.25) is 0 Å². The second-order valence-electron chi connectivity index (χ2n) is 7.53. The van der Waals surface area contributed by atoms with Gasteiger partial charge >= 0.3 is 0 Å². The highest BCUT2D eigenvalue weighted by atomic mass is 16.1. The molecule has 1 saturated carbocycles. The molecule has 2 atom stereocenters. The molecule has 3 aromatic heterocycles. The standard InChI is InChI=1S/C21H23N7O/c22-13-4-1-2-5-16(13)26-21-27-17-9-11-24-20(29)18(17)19(28-21)25-15-7-3-6-14-12(15)8-10-23-14/h3,6-11,13,16,23H,1-2,4-5,22H2,(H,24,29)(H2,25,26,27,28)/t13-,16+/m0/s1. The summed E-state index contributed by atoms with van der Waals surface area (Å²) in [7, 11) is 0. The molecule has 4 aromatic rings. The quantitative estimate of drug-likeness (QED) is 0.365. The maximum Gasteiger partial charge on any atom is 0.261 e. The Balaban J connectivity index is 1.59. The first-order valence-corrected chi connectivity index (χ1v) is 9.94. The van der Waals surface area contributed by atoms with Gasteiger partial charge in [-0.1, -0.05) is 18.9 Å². The number of pyridine rings is 1. The van der Waals surface area contributed by atoms with E-state index in [4.69, 9.17) is 5.73 Å². The highest BCUT2D eigenvalue weighted by Crippen LogP contribution is 2.28. The minimum Gasteiger partial charge on any atom is -0.361 e. The summed E-state index contributed by atoms with van der Waals surface area (Å²) in [6.07, 6.45) is 7.76. The molecule has 5 rings (SSSR count). The Kier molecular flexibility index (Phi) is 4.40. The molecule has 3 heterocycles. The number of H-pyrrole nitrogens is 2. The summed E-state index contributed by atoms with van der Waals surface area (Å²) in [6, 6.07) is 9.90. The average Bonchev–Trinajstić information content (AvgIpc) is 3.20. The maximum atomic E-state index is 12.5. The van der Waals surface area contributed by atoms with E-state index in [9.17, 15) is 4.79 Å². The van der Waals surface area contributed by atoms with E-state index in [1.807, 2.05) is 30.5 Å². The van der Waals surface area contributed by atoms with Gasteiger partial charge in [0, 0.05) is 41.1 Å². The fraction of sp³-hybridized carbons (Fsp3) is 0.286. The third kappa shape index (κ3) is 3.31. The van der Waals surface area contributed by atoms with Gasteiger partial charge < -0.3 is 26.3 Å². The topological polar surface area (TPSA) is 125 Å². The maximum absolute atomic E-state index is 12.5. The van der Waals surface area contributed by atoms with Crippen LogP contribution in [0.1, 0.15) is 25.7 Å². The van der Waals surface area contributed by atoms with Crippen molar-refractivity contribution >= 4 is 39.3 Å². The minimum absolute atomic E-state index is 0.0761. The fourth-order valence-electron chi connectivity index (χ4n) is 4.07. The number of aromatic amines is 2. The Hall–Kier alpha value is -3.39. The van der Waals surface area contributed by atoms with Crippen molar-refractivity contribution in [2.75, 3.05) is 10.6 Å². The van der Waals surface area contributed by atoms with Crippen LogP contribution >= 0.6 is 0 Å². The third-order valence-electron chi connectivity index (χ3n) is 5.60. The summed E-state index contributed by atoms with van der Waals surface area (Å²) in [5.74, 6) is 0.951. The molecule has 29 heavy (non-hydrogen) atoms. The van der Waals surface area contributed by atoms with Crippen LogP contribution < -0.4 is 21.9 Å². The molecule has 0 unspecified atom stereocenters. The number of nitrogens with zero attached hydrogens (tertiary/aromatic N) is 2. The fourth-order valence-corrected chi connectivity index (χ4v) is 4.07. The molecule has 0 saturated heterocycles. The zero-order chi connectivity index (χ0) is 19.8. The summed E-state index contributed by atoms with van der Waals surface area (Å²) in [5.41, 5.74) is 8.51. The van der Waals surface area contributed by atoms with E-state index in [1.54, 1.807) is 12.3 Å². The van der Waals surface area contributed by atoms with Crippen LogP contribution in [0.4, 0.5) is 17.5 Å². The van der Waals surface area contributed by atoms with E-state index in [2.05, 4.69) is 30.6 Å². The normalized spacial score (nSPS) is 19.5. The molecule has 0 amide bonds. The van der Waals surface area contributed by atoms with Gasteiger partial charge in [0.05, 0.1) is 5.52 Å². The minimum atomic E-state index is -0.229. The first-order valence-electron chi connectivity index (χ1n) is 9.94. The second-order valence-corrected chi connectivity index (χ2v) is 7.53. The summed E-state index contributed by atoms with van der Waals surface area (Å²) < 4.78 is 0. The van der Waals surface area contributed by atoms with E-state index in [1.165, 1.54) is 0 Å². The molecule has 1 fully saturated rings. The van der Waals surface area contributed by atoms with Gasteiger partial charge in [0.2, 0.25) is 5.95 Å². The van der Waals surface area contributed by atoms with Crippen LogP contribution in [0.15, 0.2) is 47.5 Å². The number of aromatic nitrogens is 4. The van der Waals surface area contributed by atoms with Crippen molar-refractivity contribution in [2.24, 2.45) is 5.73 Å². The van der Waals surface area contributed by atoms with Crippen molar-refractivity contribution < 1.29 is 0 Å². The number of nitrogens with two attached hydrogens (primary N) is 1. The molecule has 1 aliphatic rings. The molecule has 6 N–H and O–H groups in total. The van der Waals surface area contributed by atoms with Crippen LogP contribution in [0.3, 0.4) is 0 Å². The lowest BCUT2D eigenvalue weighted by atomic mass is 9.91. The van der Waals surface area contributed by atoms with Gasteiger partial charge in [-0.15, -0.1) is 0 Å². The predicted molar refractivity (Wildman–Crippen MR) is 116 cm³/mol. The number of anilines is 3. The first kappa shape index (κ1) is 17.7. The van der Waals surface area contributed by atoms with Crippen molar-refractivity contribution in [1.29, 1.82) is 0 Å². The molecule has 8 heteroatoms. The largest absolute Gasteiger partial charge is 0.361 e. The van der Waals surface area contributed by atoms with Gasteiger partial charge in [-0.25, -0.2) is 4.98 Å². The van der Waals surface area contributed by atoms with Crippen LogP contribution in [0, 0.1) is 0 Å². The number of benzene rings is 1. The SMILES string of the molecule is N[C@H]1CCCC[C@H]1Nc1nc(Nc2cccc3[nH]ccc23)c2c(=O)[nH]ccc2n1. The summed E-state index contributed by atoms with van der Waals surface area (Å²) in [4.78, 5) is 27.7. The molecular weight excluding hydrogens is 366 g/mol. The Morgan fingerprint density at radius 1 is 1.03 bits per heavy atom. The summed E-state index contributed by atoms with van der Waals surface area (Å²) in [5, 5.41) is 8.19. The van der Waals surface area contributed by atoms with Gasteiger partial charge in [-0.3, -0.25) is 4.79 Å². The summed E-state index contributed by atoms with van der Waals surface area (Å²) >= 11 is 0. The molecular formula is C21H23N7O. The lowest BCUT2D eigenvalue weighted by Crippen LogP contribution is -2.43. The number of fused-ring (bicyclic) bond motifs is 2. The molecule has 8 nitrogen and oxygen atoms in total. The monoisotopic (exact) mass is 389 g/mol. The van der Waals surface area contributed by atoms with Crippen molar-refractivity contribution in [2.45, 2.75) is 37.8 Å². The van der Waals surface area contributed by atoms with Gasteiger partial charge in [0.15, 0.2) is 0 Å². The van der Waals surface area contributed by atoms with Crippen molar-refractivity contribution in [3.63, 3.8) is 0 Å². The predicted octanol–water partition coefficient (Wildman–Crippen LogP) is 3.22. The van der Waals surface area contributed by atoms with Crippen molar-refractivity contribution in [1.82, 2.24) is 19.9 Å². The molecule has 0 radical (unpaired) electrons. The Labute approximate surface area is 167 Å². The van der Waals surface area contributed by atoms with Crippen LogP contribution in [-0.4, -0.2) is 32.0 Å². The van der Waals surface area contributed by atoms with Crippen LogP contribution in [-0.2, 0) is 0 Å². The van der Waals surface area contributed by atoms with Gasteiger partial charge in [0.1, 0.15) is 11.2 Å². The van der Waals surface area contributed by atoms with E-state index >= 15 is 0 Å². The Morgan fingerprint density at radius 3 is 2.79 bits per heavy atom. The van der Waals surface area contributed by atoms with E-state index in [0.717, 1.165) is 42.3 Å². The lowest BCUT2D eigenvalue weighted by molar-refractivity contribution is 0.402. The highest BCUT2D eigenvalue weighted by molar-refractivity contribution is 5.97. The Morgan fingerprint density at radius 2 is 1.90 bits per heavy atom. The van der Waals surface area contributed by atoms with Gasteiger partial charge in [-0.2, -0.15) is 4.98 Å². The lowest BCUT2D eigenvalue weighted by Gasteiger charge is -2.29. The molecule has 0 spiro atoms. The van der Waals surface area contributed by atoms with Crippen molar-refractivity contribution in [3.05, 3.63) is 53.1 Å². The molecule has 148 valence electrons. The molecule has 1 aliphatic carbocycles. The molecule has 1 aromatic carbocycles. The van der Waals surface area contributed by atoms with Crippen molar-refractivity contribution in [3.8, 4) is 0 Å². The Bertz CT molecular complexity index is 1230. The van der Waals surface area contributed by atoms with Gasteiger partial charge in [0.25, 0.3) is 5.56 Å². The van der Waals surface area contributed by atoms with E-state index < -0.39 is 0 Å². The number of rotatable bonds is 4. The zero-order valence-electron chi connectivity index (χ0n) is 15.9. The van der Waals surface area contributed by atoms with E-state index in [0.29, 0.717) is 22.7 Å². The van der Waals surface area contributed by atoms with Gasteiger partial charge in [-0.05, 0) is 37.1 Å². The second kappa shape index (κ2) is 7.21. The number of hydrogen-bond donors (Lipinski definition) is 5. The summed E-state index contributed by atoms with van der Waals surface area (Å²) in [6.45, 7) is 0. The molecule has 0 bridgehead atoms. The van der Waals surface area contributed by atoms with Crippen LogP contribution in [0.5, 0.6) is 0 Å². The average molecular weight is 389 g/mol.